The van der Waals surface area contributed by atoms with E-state index < -0.39 is 10.0 Å². The van der Waals surface area contributed by atoms with Gasteiger partial charge >= 0.3 is 0 Å². The fraction of sp³-hybridized carbons (Fsp3) is 0.235. The number of hydrogen-bond donors (Lipinski definition) is 0. The number of piperazine rings is 1. The third-order valence-corrected chi connectivity index (χ3v) is 6.08. The lowest BCUT2D eigenvalue weighted by Crippen LogP contribution is -2.49. The van der Waals surface area contributed by atoms with E-state index >= 15 is 0 Å². The molecular formula is C17H16N4O3S. The molecule has 1 aromatic carbocycles. The van der Waals surface area contributed by atoms with Crippen molar-refractivity contribution in [2.75, 3.05) is 31.1 Å². The first kappa shape index (κ1) is 17.1. The number of carbonyl (C=O) groups excluding carboxylic acids is 1. The third-order valence-electron chi connectivity index (χ3n) is 4.11. The highest BCUT2D eigenvalue weighted by Crippen LogP contribution is 2.23. The van der Waals surface area contributed by atoms with Crippen LogP contribution in [0, 0.1) is 11.3 Å². The molecule has 2 heterocycles. The van der Waals surface area contributed by atoms with Crippen molar-refractivity contribution in [2.45, 2.75) is 4.90 Å². The van der Waals surface area contributed by atoms with Gasteiger partial charge in [-0.1, -0.05) is 18.2 Å². The van der Waals surface area contributed by atoms with E-state index in [-0.39, 0.29) is 23.5 Å². The van der Waals surface area contributed by atoms with Crippen molar-refractivity contribution in [3.05, 3.63) is 53.7 Å². The maximum atomic E-state index is 12.8. The molecule has 3 rings (SSSR count). The van der Waals surface area contributed by atoms with Crippen LogP contribution in [0.25, 0.3) is 0 Å². The van der Waals surface area contributed by atoms with Crippen LogP contribution in [0.1, 0.15) is 15.9 Å². The molecule has 128 valence electrons. The van der Waals surface area contributed by atoms with Crippen molar-refractivity contribution in [3.63, 3.8) is 0 Å². The second-order valence-electron chi connectivity index (χ2n) is 5.53. The molecule has 0 N–H and O–H groups in total. The Morgan fingerprint density at radius 3 is 2.48 bits per heavy atom. The minimum atomic E-state index is -3.74. The van der Waals surface area contributed by atoms with E-state index in [4.69, 9.17) is 0 Å². The summed E-state index contributed by atoms with van der Waals surface area (Å²) in [5.74, 6) is 0.565. The van der Waals surface area contributed by atoms with Gasteiger partial charge in [-0.15, -0.1) is 0 Å². The zero-order valence-corrected chi connectivity index (χ0v) is 14.2. The number of pyridine rings is 1. The summed E-state index contributed by atoms with van der Waals surface area (Å²) in [7, 11) is -3.74. The zero-order chi connectivity index (χ0) is 17.9. The fourth-order valence-corrected chi connectivity index (χ4v) is 4.42. The molecule has 2 aromatic rings. The van der Waals surface area contributed by atoms with Crippen molar-refractivity contribution in [2.24, 2.45) is 0 Å². The largest absolute Gasteiger partial charge is 0.353 e. The summed E-state index contributed by atoms with van der Waals surface area (Å²) in [5, 5.41) is 9.18. The predicted octanol–water partition coefficient (Wildman–Crippen LogP) is 1.28. The van der Waals surface area contributed by atoms with Crippen LogP contribution in [0.5, 0.6) is 0 Å². The summed E-state index contributed by atoms with van der Waals surface area (Å²) in [6.45, 7) is 1.37. The van der Waals surface area contributed by atoms with Gasteiger partial charge in [0.15, 0.2) is 6.29 Å². The van der Waals surface area contributed by atoms with Gasteiger partial charge in [0.25, 0.3) is 0 Å². The van der Waals surface area contributed by atoms with Crippen molar-refractivity contribution in [1.29, 1.82) is 5.26 Å². The number of benzene rings is 1. The fourth-order valence-electron chi connectivity index (χ4n) is 2.83. The standard InChI is InChI=1S/C17H16N4O3S/c18-12-14-5-3-7-19-17(14)20-8-10-21(11-9-20)25(23,24)16-6-2-1-4-15(16)13-22/h1-7,13H,8-11H2. The van der Waals surface area contributed by atoms with Gasteiger partial charge in [-0.2, -0.15) is 9.57 Å². The highest BCUT2D eigenvalue weighted by Gasteiger charge is 2.30. The van der Waals surface area contributed by atoms with E-state index in [1.165, 1.54) is 16.4 Å². The molecule has 0 aliphatic carbocycles. The number of hydrogen-bond acceptors (Lipinski definition) is 6. The average Bonchev–Trinajstić information content (AvgIpc) is 2.68. The summed E-state index contributed by atoms with van der Waals surface area (Å²) in [6.07, 6.45) is 2.16. The van der Waals surface area contributed by atoms with E-state index in [9.17, 15) is 18.5 Å². The van der Waals surface area contributed by atoms with Gasteiger partial charge in [-0.3, -0.25) is 4.79 Å². The highest BCUT2D eigenvalue weighted by molar-refractivity contribution is 7.89. The summed E-state index contributed by atoms with van der Waals surface area (Å²) in [5.41, 5.74) is 0.617. The number of anilines is 1. The summed E-state index contributed by atoms with van der Waals surface area (Å²) < 4.78 is 27.0. The van der Waals surface area contributed by atoms with Crippen LogP contribution in [-0.2, 0) is 10.0 Å². The molecule has 1 aliphatic heterocycles. The molecule has 0 atom stereocenters. The summed E-state index contributed by atoms with van der Waals surface area (Å²) >= 11 is 0. The second-order valence-corrected chi connectivity index (χ2v) is 7.44. The van der Waals surface area contributed by atoms with Crippen molar-refractivity contribution in [1.82, 2.24) is 9.29 Å². The summed E-state index contributed by atoms with van der Waals surface area (Å²) in [6, 6.07) is 11.6. The molecule has 1 aromatic heterocycles. The minimum Gasteiger partial charge on any atom is -0.353 e. The molecule has 0 spiro atoms. The van der Waals surface area contributed by atoms with E-state index in [1.54, 1.807) is 30.5 Å². The van der Waals surface area contributed by atoms with Crippen LogP contribution < -0.4 is 4.90 Å². The SMILES string of the molecule is N#Cc1cccnc1N1CCN(S(=O)(=O)c2ccccc2C=O)CC1. The monoisotopic (exact) mass is 356 g/mol. The molecule has 0 radical (unpaired) electrons. The third kappa shape index (κ3) is 3.24. The molecule has 1 saturated heterocycles. The van der Waals surface area contributed by atoms with Crippen LogP contribution in [0.3, 0.4) is 0 Å². The van der Waals surface area contributed by atoms with E-state index in [0.717, 1.165) is 0 Å². The number of rotatable bonds is 4. The van der Waals surface area contributed by atoms with Crippen molar-refractivity contribution in [3.8, 4) is 6.07 Å². The number of aromatic nitrogens is 1. The van der Waals surface area contributed by atoms with Crippen LogP contribution in [0.4, 0.5) is 5.82 Å². The molecular weight excluding hydrogens is 340 g/mol. The van der Waals surface area contributed by atoms with E-state index in [0.29, 0.717) is 30.8 Å². The lowest BCUT2D eigenvalue weighted by molar-refractivity contribution is 0.112. The maximum Gasteiger partial charge on any atom is 0.243 e. The Bertz CT molecular complexity index is 929. The number of nitriles is 1. The normalized spacial score (nSPS) is 15.6. The van der Waals surface area contributed by atoms with Crippen LogP contribution >= 0.6 is 0 Å². The van der Waals surface area contributed by atoms with Crippen LogP contribution in [0.2, 0.25) is 0 Å². The highest BCUT2D eigenvalue weighted by atomic mass is 32.2. The van der Waals surface area contributed by atoms with Gasteiger partial charge in [0.1, 0.15) is 11.9 Å². The Labute approximate surface area is 146 Å². The quantitative estimate of drug-likeness (QED) is 0.766. The average molecular weight is 356 g/mol. The van der Waals surface area contributed by atoms with Gasteiger partial charge in [0, 0.05) is 37.9 Å². The van der Waals surface area contributed by atoms with E-state index in [2.05, 4.69) is 11.1 Å². The molecule has 0 amide bonds. The first-order chi connectivity index (χ1) is 12.1. The molecule has 25 heavy (non-hydrogen) atoms. The second kappa shape index (κ2) is 7.01. The predicted molar refractivity (Wildman–Crippen MR) is 91.8 cm³/mol. The number of nitrogens with zero attached hydrogens (tertiary/aromatic N) is 4. The molecule has 0 unspecified atom stereocenters. The minimum absolute atomic E-state index is 0.0222. The maximum absolute atomic E-state index is 12.8. The Morgan fingerprint density at radius 1 is 1.08 bits per heavy atom. The zero-order valence-electron chi connectivity index (χ0n) is 13.4. The Hall–Kier alpha value is -2.76. The van der Waals surface area contributed by atoms with Gasteiger partial charge in [0.2, 0.25) is 10.0 Å². The molecule has 0 saturated carbocycles. The first-order valence-electron chi connectivity index (χ1n) is 7.72. The smallest absolute Gasteiger partial charge is 0.243 e. The van der Waals surface area contributed by atoms with Crippen molar-refractivity contribution < 1.29 is 13.2 Å². The first-order valence-corrected chi connectivity index (χ1v) is 9.16. The summed E-state index contributed by atoms with van der Waals surface area (Å²) in [4.78, 5) is 17.3. The molecule has 0 bridgehead atoms. The Kier molecular flexibility index (Phi) is 4.79. The topological polar surface area (TPSA) is 94.4 Å². The van der Waals surface area contributed by atoms with Crippen LogP contribution in [-0.4, -0.2) is 50.2 Å². The molecule has 8 heteroatoms. The lowest BCUT2D eigenvalue weighted by atomic mass is 10.2. The Balaban J connectivity index is 1.80. The molecule has 1 fully saturated rings. The van der Waals surface area contributed by atoms with Gasteiger partial charge in [0.05, 0.1) is 10.5 Å². The van der Waals surface area contributed by atoms with E-state index in [1.807, 2.05) is 4.90 Å². The van der Waals surface area contributed by atoms with Gasteiger partial charge in [-0.05, 0) is 18.2 Å². The molecule has 7 nitrogen and oxygen atoms in total. The number of aldehydes is 1. The number of carbonyl (C=O) groups is 1. The van der Waals surface area contributed by atoms with Crippen molar-refractivity contribution >= 4 is 22.1 Å². The Morgan fingerprint density at radius 2 is 1.80 bits per heavy atom. The lowest BCUT2D eigenvalue weighted by Gasteiger charge is -2.35. The van der Waals surface area contributed by atoms with Gasteiger partial charge in [-0.25, -0.2) is 13.4 Å². The van der Waals surface area contributed by atoms with Gasteiger partial charge < -0.3 is 4.90 Å². The number of sulfonamides is 1. The molecule has 1 aliphatic rings. The van der Waals surface area contributed by atoms with Crippen LogP contribution in [0.15, 0.2) is 47.5 Å².